The molecule has 1 heterocycles. The van der Waals surface area contributed by atoms with Crippen molar-refractivity contribution in [3.63, 3.8) is 0 Å². The molecule has 0 amide bonds. The molecule has 2 unspecified atom stereocenters. The van der Waals surface area contributed by atoms with Gasteiger partial charge in [0.1, 0.15) is 5.76 Å². The number of aliphatic hydroxyl groups is 1. The van der Waals surface area contributed by atoms with Crippen molar-refractivity contribution >= 4 is 0 Å². The maximum Gasteiger partial charge on any atom is 0.120 e. The first-order valence-corrected chi connectivity index (χ1v) is 7.71. The summed E-state index contributed by atoms with van der Waals surface area (Å²) in [6.07, 6.45) is 6.28. The summed E-state index contributed by atoms with van der Waals surface area (Å²) in [7, 11) is 0. The van der Waals surface area contributed by atoms with Crippen molar-refractivity contribution in [2.75, 3.05) is 13.2 Å². The van der Waals surface area contributed by atoms with Crippen molar-refractivity contribution in [2.45, 2.75) is 57.8 Å². The first-order chi connectivity index (χ1) is 9.65. The van der Waals surface area contributed by atoms with Gasteiger partial charge in [-0.25, -0.2) is 0 Å². The lowest BCUT2D eigenvalue weighted by Crippen LogP contribution is -2.34. The van der Waals surface area contributed by atoms with Crippen LogP contribution in [0.1, 0.15) is 51.3 Å². The minimum absolute atomic E-state index is 0.107. The van der Waals surface area contributed by atoms with Gasteiger partial charge in [0.25, 0.3) is 0 Å². The molecule has 0 aliphatic heterocycles. The fourth-order valence-corrected chi connectivity index (χ4v) is 2.65. The molecule has 0 aromatic carbocycles. The van der Waals surface area contributed by atoms with Gasteiger partial charge in [0.15, 0.2) is 0 Å². The van der Waals surface area contributed by atoms with Gasteiger partial charge in [-0.1, -0.05) is 6.92 Å². The van der Waals surface area contributed by atoms with Crippen molar-refractivity contribution in [2.24, 2.45) is 5.92 Å². The molecule has 20 heavy (non-hydrogen) atoms. The molecule has 2 N–H and O–H groups in total. The van der Waals surface area contributed by atoms with Gasteiger partial charge in [-0.05, 0) is 50.7 Å². The van der Waals surface area contributed by atoms with E-state index in [1.54, 1.807) is 6.26 Å². The average molecular weight is 281 g/mol. The van der Waals surface area contributed by atoms with E-state index in [2.05, 4.69) is 12.2 Å². The Balaban J connectivity index is 1.59. The van der Waals surface area contributed by atoms with Crippen LogP contribution in [0.3, 0.4) is 0 Å². The third kappa shape index (κ3) is 4.93. The van der Waals surface area contributed by atoms with Crippen LogP contribution in [0.15, 0.2) is 22.8 Å². The van der Waals surface area contributed by atoms with Crippen LogP contribution < -0.4 is 5.32 Å². The number of furan rings is 1. The molecule has 114 valence electrons. The molecule has 2 atom stereocenters. The molecule has 1 saturated carbocycles. The number of nitrogens with one attached hydrogen (secondary N) is 1. The molecular formula is C16H27NO3. The van der Waals surface area contributed by atoms with Gasteiger partial charge in [0.2, 0.25) is 0 Å². The van der Waals surface area contributed by atoms with E-state index < -0.39 is 6.10 Å². The van der Waals surface area contributed by atoms with Crippen molar-refractivity contribution in [3.8, 4) is 0 Å². The summed E-state index contributed by atoms with van der Waals surface area (Å²) in [4.78, 5) is 0. The molecular weight excluding hydrogens is 254 g/mol. The highest BCUT2D eigenvalue weighted by atomic mass is 16.5. The van der Waals surface area contributed by atoms with Crippen LogP contribution in [0.4, 0.5) is 0 Å². The van der Waals surface area contributed by atoms with E-state index in [1.807, 2.05) is 19.1 Å². The standard InChI is InChI=1S/C16H27NO3/c1-12-5-7-15(8-6-12)20-11-14(18)10-17-13(2)16-4-3-9-19-16/h3-4,9,12-15,17-18H,5-8,10-11H2,1-2H3. The second-order valence-corrected chi connectivity index (χ2v) is 6.01. The number of hydrogen-bond donors (Lipinski definition) is 2. The highest BCUT2D eigenvalue weighted by molar-refractivity contribution is 5.02. The molecule has 0 bridgehead atoms. The molecule has 4 heteroatoms. The number of rotatable bonds is 7. The number of aliphatic hydroxyl groups excluding tert-OH is 1. The van der Waals surface area contributed by atoms with Crippen LogP contribution in [0.2, 0.25) is 0 Å². The SMILES string of the molecule is CC1CCC(OCC(O)CNC(C)c2ccco2)CC1. The Morgan fingerprint density at radius 3 is 2.80 bits per heavy atom. The largest absolute Gasteiger partial charge is 0.468 e. The van der Waals surface area contributed by atoms with Gasteiger partial charge in [-0.2, -0.15) is 0 Å². The molecule has 1 fully saturated rings. The van der Waals surface area contributed by atoms with Crippen LogP contribution in [0.25, 0.3) is 0 Å². The second-order valence-electron chi connectivity index (χ2n) is 6.01. The van der Waals surface area contributed by atoms with Crippen molar-refractivity contribution in [1.29, 1.82) is 0 Å². The van der Waals surface area contributed by atoms with Gasteiger partial charge < -0.3 is 19.6 Å². The highest BCUT2D eigenvalue weighted by Gasteiger charge is 2.19. The maximum atomic E-state index is 9.96. The van der Waals surface area contributed by atoms with E-state index >= 15 is 0 Å². The molecule has 2 rings (SSSR count). The van der Waals surface area contributed by atoms with Crippen LogP contribution in [-0.2, 0) is 4.74 Å². The van der Waals surface area contributed by atoms with E-state index in [1.165, 1.54) is 12.8 Å². The van der Waals surface area contributed by atoms with Crippen molar-refractivity contribution < 1.29 is 14.3 Å². The van der Waals surface area contributed by atoms with Crippen molar-refractivity contribution in [3.05, 3.63) is 24.2 Å². The highest BCUT2D eigenvalue weighted by Crippen LogP contribution is 2.25. The lowest BCUT2D eigenvalue weighted by atomic mass is 9.89. The zero-order valence-corrected chi connectivity index (χ0v) is 12.5. The Morgan fingerprint density at radius 1 is 1.40 bits per heavy atom. The summed E-state index contributed by atoms with van der Waals surface area (Å²) in [5.41, 5.74) is 0. The van der Waals surface area contributed by atoms with E-state index in [-0.39, 0.29) is 6.04 Å². The monoisotopic (exact) mass is 281 g/mol. The molecule has 1 aliphatic carbocycles. The Labute approximate surface area is 121 Å². The summed E-state index contributed by atoms with van der Waals surface area (Å²) in [5.74, 6) is 1.72. The zero-order valence-electron chi connectivity index (χ0n) is 12.5. The minimum Gasteiger partial charge on any atom is -0.468 e. The molecule has 4 nitrogen and oxygen atoms in total. The third-order valence-electron chi connectivity index (χ3n) is 4.12. The minimum atomic E-state index is -0.466. The Morgan fingerprint density at radius 2 is 2.15 bits per heavy atom. The van der Waals surface area contributed by atoms with Crippen LogP contribution >= 0.6 is 0 Å². The fourth-order valence-electron chi connectivity index (χ4n) is 2.65. The number of hydrogen-bond acceptors (Lipinski definition) is 4. The van der Waals surface area contributed by atoms with Gasteiger partial charge >= 0.3 is 0 Å². The van der Waals surface area contributed by atoms with Gasteiger partial charge in [-0.3, -0.25) is 0 Å². The second kappa shape index (κ2) is 7.81. The maximum absolute atomic E-state index is 9.96. The Bertz CT molecular complexity index is 358. The molecule has 1 aromatic rings. The zero-order chi connectivity index (χ0) is 14.4. The van der Waals surface area contributed by atoms with Gasteiger partial charge in [-0.15, -0.1) is 0 Å². The smallest absolute Gasteiger partial charge is 0.120 e. The predicted octanol–water partition coefficient (Wildman–Crippen LogP) is 2.89. The fraction of sp³-hybridized carbons (Fsp3) is 0.750. The molecule has 1 aliphatic rings. The molecule has 0 spiro atoms. The topological polar surface area (TPSA) is 54.6 Å². The predicted molar refractivity (Wildman–Crippen MR) is 78.5 cm³/mol. The summed E-state index contributed by atoms with van der Waals surface area (Å²) >= 11 is 0. The summed E-state index contributed by atoms with van der Waals surface area (Å²) in [5, 5.41) is 13.2. The van der Waals surface area contributed by atoms with E-state index in [4.69, 9.17) is 9.15 Å². The van der Waals surface area contributed by atoms with E-state index in [0.29, 0.717) is 19.3 Å². The van der Waals surface area contributed by atoms with Crippen LogP contribution in [0.5, 0.6) is 0 Å². The molecule has 0 radical (unpaired) electrons. The number of ether oxygens (including phenoxy) is 1. The lowest BCUT2D eigenvalue weighted by Gasteiger charge is -2.27. The van der Waals surface area contributed by atoms with E-state index in [0.717, 1.165) is 24.5 Å². The van der Waals surface area contributed by atoms with Gasteiger partial charge in [0.05, 0.1) is 31.1 Å². The van der Waals surface area contributed by atoms with Crippen molar-refractivity contribution in [1.82, 2.24) is 5.32 Å². The third-order valence-corrected chi connectivity index (χ3v) is 4.12. The Kier molecular flexibility index (Phi) is 6.07. The molecule has 1 aromatic heterocycles. The van der Waals surface area contributed by atoms with Crippen LogP contribution in [0, 0.1) is 5.92 Å². The average Bonchev–Trinajstić information content (AvgIpc) is 2.98. The summed E-state index contributed by atoms with van der Waals surface area (Å²) in [6.45, 7) is 5.25. The van der Waals surface area contributed by atoms with E-state index in [9.17, 15) is 5.11 Å². The quantitative estimate of drug-likeness (QED) is 0.807. The van der Waals surface area contributed by atoms with Gasteiger partial charge in [0, 0.05) is 6.54 Å². The first kappa shape index (κ1) is 15.5. The normalized spacial score (nSPS) is 26.4. The molecule has 0 saturated heterocycles. The first-order valence-electron chi connectivity index (χ1n) is 7.71. The van der Waals surface area contributed by atoms with Crippen LogP contribution in [-0.4, -0.2) is 30.5 Å². The lowest BCUT2D eigenvalue weighted by molar-refractivity contribution is -0.0284. The summed E-state index contributed by atoms with van der Waals surface area (Å²) < 4.78 is 11.1. The summed E-state index contributed by atoms with van der Waals surface area (Å²) in [6, 6.07) is 3.91. The Hall–Kier alpha value is -0.840.